The number of aliphatic carboxylic acids is 1. The minimum atomic E-state index is -0.839. The third-order valence-electron chi connectivity index (χ3n) is 3.19. The van der Waals surface area contributed by atoms with Crippen LogP contribution in [0.15, 0.2) is 30.3 Å². The smallest absolute Gasteiger partial charge is 0.320 e. The lowest BCUT2D eigenvalue weighted by Crippen LogP contribution is -2.37. The van der Waals surface area contributed by atoms with Gasteiger partial charge in [0.1, 0.15) is 17.4 Å². The van der Waals surface area contributed by atoms with Crippen molar-refractivity contribution < 1.29 is 9.90 Å². The fourth-order valence-corrected chi connectivity index (χ4v) is 2.17. The highest BCUT2D eigenvalue weighted by Gasteiger charge is 2.19. The van der Waals surface area contributed by atoms with Crippen LogP contribution in [0.5, 0.6) is 0 Å². The number of H-pyrrole nitrogens is 1. The Morgan fingerprint density at radius 1 is 1.29 bits per heavy atom. The van der Waals surface area contributed by atoms with E-state index in [1.54, 1.807) is 0 Å². The van der Waals surface area contributed by atoms with E-state index in [9.17, 15) is 9.90 Å². The number of carboxylic acid groups (broad SMARTS) is 1. The average molecular weight is 288 g/mol. The van der Waals surface area contributed by atoms with E-state index in [-0.39, 0.29) is 0 Å². The third kappa shape index (κ3) is 4.13. The van der Waals surface area contributed by atoms with Gasteiger partial charge in [0.05, 0.1) is 0 Å². The molecule has 1 atom stereocenters. The summed E-state index contributed by atoms with van der Waals surface area (Å²) in [6.07, 6.45) is 0.577. The molecule has 1 heterocycles. The molecule has 6 heteroatoms. The molecule has 1 unspecified atom stereocenters. The highest BCUT2D eigenvalue weighted by atomic mass is 16.4. The number of aromatic amines is 1. The van der Waals surface area contributed by atoms with E-state index in [0.717, 1.165) is 17.0 Å². The predicted octanol–water partition coefficient (Wildman–Crippen LogP) is 2.06. The standard InChI is InChI=1S/C15H20N4O2/c1-10(2)8-12(15(20)21)16-9-13-14(18-19-17-13)11-6-4-3-5-7-11/h3-7,10,12,16H,8-9H2,1-2H3,(H,20,21)(H,17,18,19). The van der Waals surface area contributed by atoms with Crippen molar-refractivity contribution in [2.75, 3.05) is 0 Å². The quantitative estimate of drug-likeness (QED) is 0.725. The Morgan fingerprint density at radius 3 is 2.62 bits per heavy atom. The lowest BCUT2D eigenvalue weighted by Gasteiger charge is -2.15. The molecule has 2 aromatic rings. The van der Waals surface area contributed by atoms with Gasteiger partial charge in [-0.2, -0.15) is 15.4 Å². The maximum absolute atomic E-state index is 11.2. The second kappa shape index (κ2) is 6.99. The number of aromatic nitrogens is 3. The summed E-state index contributed by atoms with van der Waals surface area (Å²) in [7, 11) is 0. The summed E-state index contributed by atoms with van der Waals surface area (Å²) in [6.45, 7) is 4.37. The summed E-state index contributed by atoms with van der Waals surface area (Å²) in [5.74, 6) is -0.530. The van der Waals surface area contributed by atoms with Gasteiger partial charge in [0, 0.05) is 12.1 Å². The van der Waals surface area contributed by atoms with Gasteiger partial charge in [-0.1, -0.05) is 44.2 Å². The van der Waals surface area contributed by atoms with E-state index in [2.05, 4.69) is 20.7 Å². The number of carboxylic acids is 1. The normalized spacial score (nSPS) is 12.5. The third-order valence-corrected chi connectivity index (χ3v) is 3.19. The van der Waals surface area contributed by atoms with Crippen LogP contribution in [0.1, 0.15) is 26.0 Å². The van der Waals surface area contributed by atoms with Crippen molar-refractivity contribution >= 4 is 5.97 Å². The molecule has 0 amide bonds. The minimum Gasteiger partial charge on any atom is -0.480 e. The van der Waals surface area contributed by atoms with Crippen LogP contribution >= 0.6 is 0 Å². The Balaban J connectivity index is 2.07. The van der Waals surface area contributed by atoms with Gasteiger partial charge >= 0.3 is 5.97 Å². The molecule has 112 valence electrons. The monoisotopic (exact) mass is 288 g/mol. The van der Waals surface area contributed by atoms with Crippen LogP contribution in [-0.2, 0) is 11.3 Å². The molecule has 0 fully saturated rings. The summed E-state index contributed by atoms with van der Waals surface area (Å²) in [5.41, 5.74) is 2.42. The van der Waals surface area contributed by atoms with Crippen LogP contribution in [0.3, 0.4) is 0 Å². The van der Waals surface area contributed by atoms with E-state index in [1.165, 1.54) is 0 Å². The zero-order valence-corrected chi connectivity index (χ0v) is 12.2. The predicted molar refractivity (Wildman–Crippen MR) is 79.5 cm³/mol. The first-order chi connectivity index (χ1) is 10.1. The number of nitrogens with one attached hydrogen (secondary N) is 2. The molecular weight excluding hydrogens is 268 g/mol. The van der Waals surface area contributed by atoms with Crippen molar-refractivity contribution in [1.82, 2.24) is 20.7 Å². The van der Waals surface area contributed by atoms with Crippen molar-refractivity contribution in [2.45, 2.75) is 32.9 Å². The molecule has 0 saturated heterocycles. The van der Waals surface area contributed by atoms with E-state index in [1.807, 2.05) is 44.2 Å². The Morgan fingerprint density at radius 2 is 2.00 bits per heavy atom. The van der Waals surface area contributed by atoms with Crippen molar-refractivity contribution in [1.29, 1.82) is 0 Å². The van der Waals surface area contributed by atoms with Gasteiger partial charge in [-0.3, -0.25) is 10.1 Å². The van der Waals surface area contributed by atoms with E-state index >= 15 is 0 Å². The van der Waals surface area contributed by atoms with Crippen molar-refractivity contribution in [3.8, 4) is 11.3 Å². The molecule has 0 saturated carbocycles. The largest absolute Gasteiger partial charge is 0.480 e. The number of carbonyl (C=O) groups is 1. The number of rotatable bonds is 7. The van der Waals surface area contributed by atoms with Crippen LogP contribution in [0.2, 0.25) is 0 Å². The Kier molecular flexibility index (Phi) is 5.05. The molecule has 6 nitrogen and oxygen atoms in total. The SMILES string of the molecule is CC(C)CC(NCc1n[nH]nc1-c1ccccc1)C(=O)O. The molecule has 3 N–H and O–H groups in total. The molecule has 1 aromatic heterocycles. The van der Waals surface area contributed by atoms with Gasteiger partial charge in [-0.25, -0.2) is 0 Å². The van der Waals surface area contributed by atoms with Crippen molar-refractivity contribution in [3.63, 3.8) is 0 Å². The Labute approximate surface area is 123 Å². The first-order valence-corrected chi connectivity index (χ1v) is 6.99. The highest BCUT2D eigenvalue weighted by molar-refractivity contribution is 5.73. The second-order valence-electron chi connectivity index (χ2n) is 5.39. The van der Waals surface area contributed by atoms with Crippen LogP contribution in [0, 0.1) is 5.92 Å². The lowest BCUT2D eigenvalue weighted by atomic mass is 10.0. The molecule has 0 spiro atoms. The van der Waals surface area contributed by atoms with Gasteiger partial charge in [-0.05, 0) is 12.3 Å². The van der Waals surface area contributed by atoms with Crippen LogP contribution in [-0.4, -0.2) is 32.5 Å². The van der Waals surface area contributed by atoms with Crippen LogP contribution < -0.4 is 5.32 Å². The van der Waals surface area contributed by atoms with Crippen LogP contribution in [0.25, 0.3) is 11.3 Å². The summed E-state index contributed by atoms with van der Waals surface area (Å²) in [4.78, 5) is 11.2. The Bertz CT molecular complexity index is 580. The second-order valence-corrected chi connectivity index (χ2v) is 5.39. The van der Waals surface area contributed by atoms with Gasteiger partial charge in [0.2, 0.25) is 0 Å². The number of nitrogens with zero attached hydrogens (tertiary/aromatic N) is 2. The van der Waals surface area contributed by atoms with Crippen LogP contribution in [0.4, 0.5) is 0 Å². The average Bonchev–Trinajstić information content (AvgIpc) is 2.92. The summed E-state index contributed by atoms with van der Waals surface area (Å²) >= 11 is 0. The number of benzene rings is 1. The molecule has 0 aliphatic carbocycles. The fourth-order valence-electron chi connectivity index (χ4n) is 2.17. The van der Waals surface area contributed by atoms with Gasteiger partial charge in [-0.15, -0.1) is 0 Å². The molecule has 0 radical (unpaired) electrons. The highest BCUT2D eigenvalue weighted by Crippen LogP contribution is 2.19. The van der Waals surface area contributed by atoms with Gasteiger partial charge in [0.15, 0.2) is 0 Å². The first-order valence-electron chi connectivity index (χ1n) is 6.99. The number of hydrogen-bond donors (Lipinski definition) is 3. The molecule has 2 rings (SSSR count). The molecule has 21 heavy (non-hydrogen) atoms. The zero-order chi connectivity index (χ0) is 15.2. The summed E-state index contributed by atoms with van der Waals surface area (Å²) in [6, 6.07) is 9.12. The number of hydrogen-bond acceptors (Lipinski definition) is 4. The topological polar surface area (TPSA) is 90.9 Å². The maximum atomic E-state index is 11.2. The van der Waals surface area contributed by atoms with Crippen molar-refractivity contribution in [2.24, 2.45) is 5.92 Å². The fraction of sp³-hybridized carbons (Fsp3) is 0.400. The van der Waals surface area contributed by atoms with Gasteiger partial charge in [0.25, 0.3) is 0 Å². The van der Waals surface area contributed by atoms with E-state index in [4.69, 9.17) is 0 Å². The molecule has 0 bridgehead atoms. The van der Waals surface area contributed by atoms with E-state index < -0.39 is 12.0 Å². The lowest BCUT2D eigenvalue weighted by molar-refractivity contribution is -0.140. The molecule has 1 aromatic carbocycles. The summed E-state index contributed by atoms with van der Waals surface area (Å²) in [5, 5.41) is 23.1. The molecule has 0 aliphatic rings. The summed E-state index contributed by atoms with van der Waals surface area (Å²) < 4.78 is 0. The zero-order valence-electron chi connectivity index (χ0n) is 12.2. The van der Waals surface area contributed by atoms with E-state index in [0.29, 0.717) is 18.9 Å². The maximum Gasteiger partial charge on any atom is 0.320 e. The minimum absolute atomic E-state index is 0.310. The molecular formula is C15H20N4O2. The Hall–Kier alpha value is -2.21. The van der Waals surface area contributed by atoms with Gasteiger partial charge < -0.3 is 5.11 Å². The first kappa shape index (κ1) is 15.2. The molecule has 0 aliphatic heterocycles. The van der Waals surface area contributed by atoms with Crippen molar-refractivity contribution in [3.05, 3.63) is 36.0 Å².